The molecule has 4 heteroatoms. The molecule has 0 saturated heterocycles. The predicted octanol–water partition coefficient (Wildman–Crippen LogP) is 1.59. The fraction of sp³-hybridized carbons (Fsp3) is 0.231. The van der Waals surface area contributed by atoms with Crippen molar-refractivity contribution in [2.75, 3.05) is 11.9 Å². The predicted molar refractivity (Wildman–Crippen MR) is 68.6 cm³/mol. The maximum absolute atomic E-state index is 5.48. The van der Waals surface area contributed by atoms with Gasteiger partial charge in [-0.1, -0.05) is 30.3 Å². The van der Waals surface area contributed by atoms with Gasteiger partial charge in [0.15, 0.2) is 0 Å². The molecule has 0 fully saturated rings. The van der Waals surface area contributed by atoms with E-state index in [2.05, 4.69) is 27.4 Å². The van der Waals surface area contributed by atoms with Crippen molar-refractivity contribution in [3.8, 4) is 0 Å². The van der Waals surface area contributed by atoms with E-state index in [1.807, 2.05) is 24.3 Å². The molecule has 4 nitrogen and oxygen atoms in total. The van der Waals surface area contributed by atoms with Gasteiger partial charge >= 0.3 is 0 Å². The minimum atomic E-state index is 0.572. The van der Waals surface area contributed by atoms with Crippen LogP contribution in [0.5, 0.6) is 0 Å². The topological polar surface area (TPSA) is 63.8 Å². The molecule has 0 amide bonds. The van der Waals surface area contributed by atoms with E-state index in [0.717, 1.165) is 18.2 Å². The third-order valence-corrected chi connectivity index (χ3v) is 2.39. The molecule has 0 saturated carbocycles. The fourth-order valence-electron chi connectivity index (χ4n) is 1.54. The van der Waals surface area contributed by atoms with Crippen LogP contribution < -0.4 is 11.1 Å². The molecule has 0 unspecified atom stereocenters. The van der Waals surface area contributed by atoms with Gasteiger partial charge < -0.3 is 11.1 Å². The number of nitrogens with two attached hydrogens (primary N) is 1. The van der Waals surface area contributed by atoms with Crippen LogP contribution in [0, 0.1) is 0 Å². The summed E-state index contributed by atoms with van der Waals surface area (Å²) in [4.78, 5) is 8.53. The minimum absolute atomic E-state index is 0.572. The highest BCUT2D eigenvalue weighted by Crippen LogP contribution is 2.06. The van der Waals surface area contributed by atoms with Gasteiger partial charge in [-0.3, -0.25) is 0 Å². The maximum atomic E-state index is 5.48. The van der Waals surface area contributed by atoms with Gasteiger partial charge in [0.2, 0.25) is 0 Å². The van der Waals surface area contributed by atoms with E-state index in [9.17, 15) is 0 Å². The maximum Gasteiger partial charge on any atom is 0.131 e. The molecular weight excluding hydrogens is 212 g/mol. The molecule has 1 aromatic heterocycles. The Bertz CT molecular complexity index is 456. The lowest BCUT2D eigenvalue weighted by Crippen LogP contribution is -2.08. The number of aromatic nitrogens is 2. The summed E-state index contributed by atoms with van der Waals surface area (Å²) in [6, 6.07) is 12.1. The molecule has 0 aliphatic heterocycles. The van der Waals surface area contributed by atoms with Gasteiger partial charge in [0.05, 0.1) is 0 Å². The van der Waals surface area contributed by atoms with E-state index in [-0.39, 0.29) is 0 Å². The molecule has 0 spiro atoms. The zero-order valence-electron chi connectivity index (χ0n) is 9.63. The van der Waals surface area contributed by atoms with E-state index < -0.39 is 0 Å². The Labute approximate surface area is 101 Å². The number of anilines is 1. The molecule has 0 radical (unpaired) electrons. The normalized spacial score (nSPS) is 10.2. The molecular formula is C13H16N4. The Kier molecular flexibility index (Phi) is 4.05. The summed E-state index contributed by atoms with van der Waals surface area (Å²) in [5.41, 5.74) is 6.70. The van der Waals surface area contributed by atoms with E-state index in [1.54, 1.807) is 6.20 Å². The molecule has 3 N–H and O–H groups in total. The van der Waals surface area contributed by atoms with E-state index >= 15 is 0 Å². The third-order valence-electron chi connectivity index (χ3n) is 2.39. The number of nitrogens with one attached hydrogen (secondary N) is 1. The van der Waals surface area contributed by atoms with Gasteiger partial charge in [0.25, 0.3) is 0 Å². The van der Waals surface area contributed by atoms with Crippen LogP contribution in [-0.2, 0) is 13.0 Å². The summed E-state index contributed by atoms with van der Waals surface area (Å²) in [7, 11) is 0. The van der Waals surface area contributed by atoms with Gasteiger partial charge in [-0.15, -0.1) is 0 Å². The smallest absolute Gasteiger partial charge is 0.131 e. The van der Waals surface area contributed by atoms with E-state index in [1.165, 1.54) is 5.56 Å². The van der Waals surface area contributed by atoms with Crippen molar-refractivity contribution >= 4 is 5.82 Å². The summed E-state index contributed by atoms with van der Waals surface area (Å²) < 4.78 is 0. The van der Waals surface area contributed by atoms with Gasteiger partial charge in [-0.05, 0) is 18.2 Å². The number of nitrogens with zero attached hydrogens (tertiary/aromatic N) is 2. The summed E-state index contributed by atoms with van der Waals surface area (Å²) in [5, 5.41) is 3.27. The van der Waals surface area contributed by atoms with Crippen molar-refractivity contribution in [2.45, 2.75) is 13.0 Å². The molecule has 1 heterocycles. The summed E-state index contributed by atoms with van der Waals surface area (Å²) in [6.07, 6.45) is 2.46. The second-order valence-electron chi connectivity index (χ2n) is 3.74. The Balaban J connectivity index is 1.97. The number of rotatable bonds is 5. The molecule has 17 heavy (non-hydrogen) atoms. The summed E-state index contributed by atoms with van der Waals surface area (Å²) >= 11 is 0. The highest BCUT2D eigenvalue weighted by molar-refractivity contribution is 5.34. The quantitative estimate of drug-likeness (QED) is 0.815. The number of hydrogen-bond acceptors (Lipinski definition) is 4. The molecule has 1 aromatic carbocycles. The zero-order chi connectivity index (χ0) is 11.9. The van der Waals surface area contributed by atoms with Crippen LogP contribution in [0.25, 0.3) is 0 Å². The van der Waals surface area contributed by atoms with Crippen LogP contribution >= 0.6 is 0 Å². The van der Waals surface area contributed by atoms with Gasteiger partial charge in [0.1, 0.15) is 11.6 Å². The minimum Gasteiger partial charge on any atom is -0.366 e. The van der Waals surface area contributed by atoms with Crippen molar-refractivity contribution in [3.05, 3.63) is 54.0 Å². The molecule has 2 rings (SSSR count). The first-order chi connectivity index (χ1) is 8.38. The molecule has 2 aromatic rings. The van der Waals surface area contributed by atoms with Crippen LogP contribution in [0.1, 0.15) is 11.4 Å². The molecule has 0 bridgehead atoms. The van der Waals surface area contributed by atoms with Crippen molar-refractivity contribution < 1.29 is 0 Å². The van der Waals surface area contributed by atoms with Crippen LogP contribution in [-0.4, -0.2) is 16.5 Å². The van der Waals surface area contributed by atoms with Gasteiger partial charge in [0, 0.05) is 19.2 Å². The highest BCUT2D eigenvalue weighted by atomic mass is 15.0. The molecule has 88 valence electrons. The molecule has 0 atom stereocenters. The lowest BCUT2D eigenvalue weighted by atomic mass is 10.2. The third kappa shape index (κ3) is 3.53. The SMILES string of the molecule is NCCc1nccc(NCc2ccccc2)n1. The van der Waals surface area contributed by atoms with Crippen LogP contribution in [0.4, 0.5) is 5.82 Å². The fourth-order valence-corrected chi connectivity index (χ4v) is 1.54. The second kappa shape index (κ2) is 5.96. The van der Waals surface area contributed by atoms with Crippen molar-refractivity contribution in [2.24, 2.45) is 5.73 Å². The molecule has 0 aliphatic rings. The van der Waals surface area contributed by atoms with E-state index in [4.69, 9.17) is 5.73 Å². The largest absolute Gasteiger partial charge is 0.366 e. The highest BCUT2D eigenvalue weighted by Gasteiger charge is 1.98. The van der Waals surface area contributed by atoms with Gasteiger partial charge in [-0.2, -0.15) is 0 Å². The summed E-state index contributed by atoms with van der Waals surface area (Å²) in [6.45, 7) is 1.34. The summed E-state index contributed by atoms with van der Waals surface area (Å²) in [5.74, 6) is 1.62. The lowest BCUT2D eigenvalue weighted by Gasteiger charge is -2.06. The monoisotopic (exact) mass is 228 g/mol. The first-order valence-electron chi connectivity index (χ1n) is 5.68. The zero-order valence-corrected chi connectivity index (χ0v) is 9.63. The Hall–Kier alpha value is -1.94. The number of benzene rings is 1. The first-order valence-corrected chi connectivity index (χ1v) is 5.68. The standard InChI is InChI=1S/C13H16N4/c14-8-6-12-15-9-7-13(17-12)16-10-11-4-2-1-3-5-11/h1-5,7,9H,6,8,10,14H2,(H,15,16,17). The Morgan fingerprint density at radius 3 is 2.71 bits per heavy atom. The second-order valence-corrected chi connectivity index (χ2v) is 3.74. The van der Waals surface area contributed by atoms with Gasteiger partial charge in [-0.25, -0.2) is 9.97 Å². The first kappa shape index (κ1) is 11.5. The molecule has 0 aliphatic carbocycles. The van der Waals surface area contributed by atoms with Crippen LogP contribution in [0.3, 0.4) is 0 Å². The average Bonchev–Trinajstić information content (AvgIpc) is 2.39. The van der Waals surface area contributed by atoms with Crippen molar-refractivity contribution in [3.63, 3.8) is 0 Å². The Morgan fingerprint density at radius 2 is 1.94 bits per heavy atom. The van der Waals surface area contributed by atoms with Crippen LogP contribution in [0.15, 0.2) is 42.6 Å². The average molecular weight is 228 g/mol. The van der Waals surface area contributed by atoms with Crippen LogP contribution in [0.2, 0.25) is 0 Å². The van der Waals surface area contributed by atoms with Crippen molar-refractivity contribution in [1.29, 1.82) is 0 Å². The lowest BCUT2D eigenvalue weighted by molar-refractivity contribution is 0.865. The number of hydrogen-bond donors (Lipinski definition) is 2. The Morgan fingerprint density at radius 1 is 1.12 bits per heavy atom. The van der Waals surface area contributed by atoms with E-state index in [0.29, 0.717) is 13.0 Å². The van der Waals surface area contributed by atoms with Crippen molar-refractivity contribution in [1.82, 2.24) is 9.97 Å².